The van der Waals surface area contributed by atoms with Crippen molar-refractivity contribution in [3.63, 3.8) is 0 Å². The predicted octanol–water partition coefficient (Wildman–Crippen LogP) is 4.65. The molecule has 5 nitrogen and oxygen atoms in total. The molecule has 0 saturated carbocycles. The number of hydrogen-bond acceptors (Lipinski definition) is 3. The molecule has 28 heavy (non-hydrogen) atoms. The molecule has 3 aromatic carbocycles. The van der Waals surface area contributed by atoms with Gasteiger partial charge in [-0.2, -0.15) is 0 Å². The van der Waals surface area contributed by atoms with Gasteiger partial charge in [0.15, 0.2) is 0 Å². The molecule has 0 radical (unpaired) electrons. The Morgan fingerprint density at radius 3 is 2.29 bits per heavy atom. The van der Waals surface area contributed by atoms with Gasteiger partial charge in [-0.25, -0.2) is 4.90 Å². The highest BCUT2D eigenvalue weighted by Gasteiger charge is 2.37. The number of nitrogens with zero attached hydrogens (tertiary/aromatic N) is 1. The highest BCUT2D eigenvalue weighted by atomic mass is 127. The number of carbonyl (C=O) groups is 3. The minimum atomic E-state index is -0.418. The summed E-state index contributed by atoms with van der Waals surface area (Å²) >= 11 is 2.19. The topological polar surface area (TPSA) is 66.5 Å². The molecule has 1 aliphatic rings. The third-order valence-corrected chi connectivity index (χ3v) is 5.33. The molecule has 1 heterocycles. The van der Waals surface area contributed by atoms with Crippen molar-refractivity contribution in [3.8, 4) is 0 Å². The van der Waals surface area contributed by atoms with E-state index in [1.165, 1.54) is 17.0 Å². The highest BCUT2D eigenvalue weighted by molar-refractivity contribution is 14.1. The zero-order valence-electron chi connectivity index (χ0n) is 14.9. The highest BCUT2D eigenvalue weighted by Crippen LogP contribution is 2.31. The SMILES string of the molecule is Cc1ccccc1N1C(=O)c2ccc(C(=O)Nc3ccc(I)cc3)cc2C1=O. The number of aryl methyl sites for hydroxylation is 1. The third kappa shape index (κ3) is 3.20. The molecule has 4 rings (SSSR count). The first-order chi connectivity index (χ1) is 13.5. The zero-order valence-corrected chi connectivity index (χ0v) is 17.1. The van der Waals surface area contributed by atoms with Crippen LogP contribution < -0.4 is 10.2 Å². The smallest absolute Gasteiger partial charge is 0.266 e. The van der Waals surface area contributed by atoms with Gasteiger partial charge in [0.1, 0.15) is 0 Å². The van der Waals surface area contributed by atoms with Crippen molar-refractivity contribution in [2.75, 3.05) is 10.2 Å². The van der Waals surface area contributed by atoms with Gasteiger partial charge >= 0.3 is 0 Å². The van der Waals surface area contributed by atoms with Crippen molar-refractivity contribution in [1.82, 2.24) is 0 Å². The molecule has 3 amide bonds. The van der Waals surface area contributed by atoms with Crippen LogP contribution in [0.15, 0.2) is 66.7 Å². The molecule has 0 spiro atoms. The lowest BCUT2D eigenvalue weighted by Crippen LogP contribution is -2.29. The normalized spacial score (nSPS) is 12.9. The largest absolute Gasteiger partial charge is 0.322 e. The van der Waals surface area contributed by atoms with Crippen molar-refractivity contribution in [3.05, 3.63) is 92.6 Å². The number of hydrogen-bond donors (Lipinski definition) is 1. The Morgan fingerprint density at radius 1 is 0.893 bits per heavy atom. The van der Waals surface area contributed by atoms with Crippen molar-refractivity contribution < 1.29 is 14.4 Å². The van der Waals surface area contributed by atoms with Gasteiger partial charge in [0.2, 0.25) is 0 Å². The Morgan fingerprint density at radius 2 is 1.57 bits per heavy atom. The van der Waals surface area contributed by atoms with Gasteiger partial charge in [0.05, 0.1) is 16.8 Å². The lowest BCUT2D eigenvalue weighted by molar-refractivity contribution is 0.0925. The van der Waals surface area contributed by atoms with Gasteiger partial charge in [-0.1, -0.05) is 18.2 Å². The summed E-state index contributed by atoms with van der Waals surface area (Å²) in [4.78, 5) is 39.4. The van der Waals surface area contributed by atoms with E-state index in [0.717, 1.165) is 9.13 Å². The maximum absolute atomic E-state index is 12.9. The summed E-state index contributed by atoms with van der Waals surface area (Å²) in [5.74, 6) is -1.13. The molecule has 6 heteroatoms. The van der Waals surface area contributed by atoms with Gasteiger partial charge in [-0.3, -0.25) is 14.4 Å². The fourth-order valence-corrected chi connectivity index (χ4v) is 3.51. The van der Waals surface area contributed by atoms with Crippen LogP contribution >= 0.6 is 22.6 Å². The van der Waals surface area contributed by atoms with Gasteiger partial charge in [0, 0.05) is 14.8 Å². The summed E-state index contributed by atoms with van der Waals surface area (Å²) in [5.41, 5.74) is 2.91. The van der Waals surface area contributed by atoms with Crippen molar-refractivity contribution in [2.24, 2.45) is 0 Å². The summed E-state index contributed by atoms with van der Waals surface area (Å²) in [5, 5.41) is 2.80. The van der Waals surface area contributed by atoms with E-state index in [1.54, 1.807) is 18.2 Å². The summed E-state index contributed by atoms with van der Waals surface area (Å²) < 4.78 is 1.06. The van der Waals surface area contributed by atoms with Crippen LogP contribution in [0.5, 0.6) is 0 Å². The van der Waals surface area contributed by atoms with Gasteiger partial charge in [0.25, 0.3) is 17.7 Å². The number of amides is 3. The maximum Gasteiger partial charge on any atom is 0.266 e. The fourth-order valence-electron chi connectivity index (χ4n) is 3.15. The van der Waals surface area contributed by atoms with Crippen molar-refractivity contribution in [2.45, 2.75) is 6.92 Å². The Hall–Kier alpha value is -3.00. The molecule has 3 aromatic rings. The average molecular weight is 482 g/mol. The van der Waals surface area contributed by atoms with Crippen molar-refractivity contribution >= 4 is 51.7 Å². The Labute approximate surface area is 175 Å². The molecule has 1 aliphatic heterocycles. The Bertz CT molecular complexity index is 1120. The standard InChI is InChI=1S/C22H15IN2O3/c1-13-4-2-3-5-19(13)25-21(27)17-11-6-14(12-18(17)22(25)28)20(26)24-16-9-7-15(23)8-10-16/h2-12H,1H3,(H,24,26). The summed E-state index contributed by atoms with van der Waals surface area (Å²) in [6, 6.07) is 19.2. The summed E-state index contributed by atoms with van der Waals surface area (Å²) in [6.07, 6.45) is 0. The number of rotatable bonds is 3. The molecule has 1 N–H and O–H groups in total. The molecule has 0 aromatic heterocycles. The number of anilines is 2. The van der Waals surface area contributed by atoms with Crippen LogP contribution in [0.2, 0.25) is 0 Å². The van der Waals surface area contributed by atoms with Gasteiger partial charge in [-0.05, 0) is 83.6 Å². The first-order valence-corrected chi connectivity index (χ1v) is 9.69. The minimum absolute atomic E-state index is 0.239. The van der Waals surface area contributed by atoms with E-state index < -0.39 is 5.91 Å². The molecule has 0 bridgehead atoms. The lowest BCUT2D eigenvalue weighted by Gasteiger charge is -2.16. The van der Waals surface area contributed by atoms with E-state index in [0.29, 0.717) is 22.5 Å². The molecule has 0 aliphatic carbocycles. The molecular weight excluding hydrogens is 467 g/mol. The van der Waals surface area contributed by atoms with Crippen LogP contribution in [-0.4, -0.2) is 17.7 Å². The second kappa shape index (κ2) is 7.20. The predicted molar refractivity (Wildman–Crippen MR) is 116 cm³/mol. The van der Waals surface area contributed by atoms with Crippen LogP contribution in [0.25, 0.3) is 0 Å². The van der Waals surface area contributed by atoms with E-state index in [2.05, 4.69) is 27.9 Å². The Balaban J connectivity index is 1.64. The van der Waals surface area contributed by atoms with Gasteiger partial charge < -0.3 is 5.32 Å². The van der Waals surface area contributed by atoms with Crippen LogP contribution in [-0.2, 0) is 0 Å². The first-order valence-electron chi connectivity index (χ1n) is 8.61. The number of fused-ring (bicyclic) bond motifs is 1. The minimum Gasteiger partial charge on any atom is -0.322 e. The van der Waals surface area contributed by atoms with E-state index in [1.807, 2.05) is 43.3 Å². The van der Waals surface area contributed by atoms with Crippen molar-refractivity contribution in [1.29, 1.82) is 0 Å². The monoisotopic (exact) mass is 482 g/mol. The van der Waals surface area contributed by atoms with Crippen LogP contribution in [0, 0.1) is 10.5 Å². The number of halogens is 1. The number of imide groups is 1. The molecule has 0 unspecified atom stereocenters. The van der Waals surface area contributed by atoms with E-state index in [-0.39, 0.29) is 17.4 Å². The summed E-state index contributed by atoms with van der Waals surface area (Å²) in [6.45, 7) is 1.85. The first kappa shape index (κ1) is 18.4. The molecule has 0 fully saturated rings. The second-order valence-corrected chi connectivity index (χ2v) is 7.70. The number of benzene rings is 3. The quantitative estimate of drug-likeness (QED) is 0.437. The van der Waals surface area contributed by atoms with E-state index >= 15 is 0 Å². The van der Waals surface area contributed by atoms with Gasteiger partial charge in [-0.15, -0.1) is 0 Å². The molecular formula is C22H15IN2O3. The average Bonchev–Trinajstić information content (AvgIpc) is 2.94. The maximum atomic E-state index is 12.9. The third-order valence-electron chi connectivity index (χ3n) is 4.61. The van der Waals surface area contributed by atoms with Crippen LogP contribution in [0.1, 0.15) is 36.6 Å². The van der Waals surface area contributed by atoms with Crippen LogP contribution in [0.4, 0.5) is 11.4 Å². The Kier molecular flexibility index (Phi) is 4.72. The number of carbonyl (C=O) groups excluding carboxylic acids is 3. The number of para-hydroxylation sites is 1. The van der Waals surface area contributed by atoms with E-state index in [4.69, 9.17) is 0 Å². The lowest BCUT2D eigenvalue weighted by atomic mass is 10.1. The number of nitrogens with one attached hydrogen (secondary N) is 1. The van der Waals surface area contributed by atoms with Crippen LogP contribution in [0.3, 0.4) is 0 Å². The fraction of sp³-hybridized carbons (Fsp3) is 0.0455. The summed E-state index contributed by atoms with van der Waals surface area (Å²) in [7, 11) is 0. The molecule has 138 valence electrons. The zero-order chi connectivity index (χ0) is 19.8. The molecule has 0 atom stereocenters. The molecule has 0 saturated heterocycles. The second-order valence-electron chi connectivity index (χ2n) is 6.45. The van der Waals surface area contributed by atoms with E-state index in [9.17, 15) is 14.4 Å².